The van der Waals surface area contributed by atoms with Gasteiger partial charge < -0.3 is 4.74 Å². The van der Waals surface area contributed by atoms with E-state index in [1.165, 1.54) is 28.9 Å². The lowest BCUT2D eigenvalue weighted by molar-refractivity contribution is -0.144. The first-order valence-corrected chi connectivity index (χ1v) is 9.40. The number of aryl methyl sites for hydroxylation is 2. The Hall–Kier alpha value is -0.960. The van der Waals surface area contributed by atoms with Crippen molar-refractivity contribution in [3.8, 4) is 0 Å². The van der Waals surface area contributed by atoms with Crippen molar-refractivity contribution in [1.29, 1.82) is 0 Å². The summed E-state index contributed by atoms with van der Waals surface area (Å²) in [6.07, 6.45) is 5.17. The molecule has 0 aliphatic rings. The molecule has 0 saturated carbocycles. The van der Waals surface area contributed by atoms with E-state index in [1.807, 2.05) is 0 Å². The summed E-state index contributed by atoms with van der Waals surface area (Å²) in [4.78, 5) is 13.1. The molecule has 2 nitrogen and oxygen atoms in total. The van der Waals surface area contributed by atoms with Crippen LogP contribution >= 0.6 is 11.8 Å². The quantitative estimate of drug-likeness (QED) is 0.417. The Morgan fingerprint density at radius 3 is 2.45 bits per heavy atom. The molecule has 0 N–H and O–H groups in total. The van der Waals surface area contributed by atoms with Crippen LogP contribution in [0.2, 0.25) is 0 Å². The SMILES string of the molecule is CCCCC(CC)COC(=O)CCSc1cc(C)cc(C)c1. The highest BCUT2D eigenvalue weighted by Gasteiger charge is 2.10. The predicted octanol–water partition coefficient (Wildman–Crippen LogP) is 5.55. The second-order valence-corrected chi connectivity index (χ2v) is 7.19. The fourth-order valence-electron chi connectivity index (χ4n) is 2.45. The molecular formula is C19H30O2S. The van der Waals surface area contributed by atoms with Crippen molar-refractivity contribution < 1.29 is 9.53 Å². The average molecular weight is 323 g/mol. The molecule has 0 fully saturated rings. The maximum absolute atomic E-state index is 11.8. The molecule has 22 heavy (non-hydrogen) atoms. The van der Waals surface area contributed by atoms with Crippen LogP contribution in [0.3, 0.4) is 0 Å². The van der Waals surface area contributed by atoms with E-state index in [0.717, 1.165) is 18.6 Å². The first-order valence-electron chi connectivity index (χ1n) is 8.41. The first-order chi connectivity index (χ1) is 10.5. The number of hydrogen-bond acceptors (Lipinski definition) is 3. The molecule has 0 aliphatic carbocycles. The largest absolute Gasteiger partial charge is 0.465 e. The summed E-state index contributed by atoms with van der Waals surface area (Å²) in [6.45, 7) is 9.16. The van der Waals surface area contributed by atoms with Crippen molar-refractivity contribution in [2.75, 3.05) is 12.4 Å². The summed E-state index contributed by atoms with van der Waals surface area (Å²) in [5.41, 5.74) is 2.54. The number of carbonyl (C=O) groups excluding carboxylic acids is 1. The highest BCUT2D eigenvalue weighted by atomic mass is 32.2. The lowest BCUT2D eigenvalue weighted by Crippen LogP contribution is -2.14. The van der Waals surface area contributed by atoms with Gasteiger partial charge in [-0.15, -0.1) is 11.8 Å². The zero-order chi connectivity index (χ0) is 16.4. The molecule has 0 saturated heterocycles. The van der Waals surface area contributed by atoms with Gasteiger partial charge in [-0.1, -0.05) is 39.2 Å². The van der Waals surface area contributed by atoms with E-state index >= 15 is 0 Å². The molecule has 1 atom stereocenters. The molecular weight excluding hydrogens is 292 g/mol. The van der Waals surface area contributed by atoms with Gasteiger partial charge in [-0.3, -0.25) is 4.79 Å². The number of unbranched alkanes of at least 4 members (excludes halogenated alkanes) is 1. The summed E-state index contributed by atoms with van der Waals surface area (Å²) in [5, 5.41) is 0. The molecule has 1 aromatic rings. The summed E-state index contributed by atoms with van der Waals surface area (Å²) >= 11 is 1.73. The van der Waals surface area contributed by atoms with E-state index in [2.05, 4.69) is 45.9 Å². The van der Waals surface area contributed by atoms with Crippen LogP contribution in [0.5, 0.6) is 0 Å². The van der Waals surface area contributed by atoms with Crippen molar-refractivity contribution in [2.24, 2.45) is 5.92 Å². The summed E-state index contributed by atoms with van der Waals surface area (Å²) in [7, 11) is 0. The molecule has 1 aromatic carbocycles. The lowest BCUT2D eigenvalue weighted by atomic mass is 10.0. The maximum atomic E-state index is 11.8. The average Bonchev–Trinajstić information content (AvgIpc) is 2.46. The van der Waals surface area contributed by atoms with E-state index in [4.69, 9.17) is 4.74 Å². The van der Waals surface area contributed by atoms with Gasteiger partial charge in [-0.05, 0) is 49.4 Å². The third-order valence-electron chi connectivity index (χ3n) is 3.79. The number of rotatable bonds is 10. The summed E-state index contributed by atoms with van der Waals surface area (Å²) in [6, 6.07) is 6.50. The van der Waals surface area contributed by atoms with Gasteiger partial charge in [-0.2, -0.15) is 0 Å². The monoisotopic (exact) mass is 322 g/mol. The van der Waals surface area contributed by atoms with E-state index in [1.54, 1.807) is 11.8 Å². The van der Waals surface area contributed by atoms with E-state index in [-0.39, 0.29) is 5.97 Å². The second-order valence-electron chi connectivity index (χ2n) is 6.02. The zero-order valence-electron chi connectivity index (χ0n) is 14.5. The van der Waals surface area contributed by atoms with Crippen LogP contribution in [0.15, 0.2) is 23.1 Å². The van der Waals surface area contributed by atoms with Gasteiger partial charge in [0.2, 0.25) is 0 Å². The minimum absolute atomic E-state index is 0.0631. The fraction of sp³-hybridized carbons (Fsp3) is 0.632. The summed E-state index contributed by atoms with van der Waals surface area (Å²) < 4.78 is 5.43. The highest BCUT2D eigenvalue weighted by molar-refractivity contribution is 7.99. The molecule has 0 spiro atoms. The Kier molecular flexibility index (Phi) is 9.30. The van der Waals surface area contributed by atoms with Crippen LogP contribution in [-0.2, 0) is 9.53 Å². The van der Waals surface area contributed by atoms with Crippen LogP contribution in [0.25, 0.3) is 0 Å². The Bertz CT molecular complexity index is 436. The molecule has 1 rings (SSSR count). The van der Waals surface area contributed by atoms with Gasteiger partial charge in [0, 0.05) is 10.6 Å². The molecule has 0 radical (unpaired) electrons. The number of esters is 1. The van der Waals surface area contributed by atoms with E-state index < -0.39 is 0 Å². The molecule has 3 heteroatoms. The van der Waals surface area contributed by atoms with Crippen LogP contribution < -0.4 is 0 Å². The number of hydrogen-bond donors (Lipinski definition) is 0. The normalized spacial score (nSPS) is 12.2. The summed E-state index contributed by atoms with van der Waals surface area (Å²) in [5.74, 6) is 1.25. The molecule has 0 amide bonds. The topological polar surface area (TPSA) is 26.3 Å². The number of thioether (sulfide) groups is 1. The molecule has 0 bridgehead atoms. The first kappa shape index (κ1) is 19.1. The van der Waals surface area contributed by atoms with Crippen molar-refractivity contribution in [1.82, 2.24) is 0 Å². The van der Waals surface area contributed by atoms with Crippen LogP contribution in [0, 0.1) is 19.8 Å². The highest BCUT2D eigenvalue weighted by Crippen LogP contribution is 2.22. The molecule has 0 heterocycles. The van der Waals surface area contributed by atoms with E-state index in [9.17, 15) is 4.79 Å². The maximum Gasteiger partial charge on any atom is 0.306 e. The molecule has 124 valence electrons. The van der Waals surface area contributed by atoms with Gasteiger partial charge in [0.25, 0.3) is 0 Å². The van der Waals surface area contributed by atoms with Crippen LogP contribution in [0.4, 0.5) is 0 Å². The number of benzene rings is 1. The van der Waals surface area contributed by atoms with Crippen molar-refractivity contribution in [3.05, 3.63) is 29.3 Å². The standard InChI is InChI=1S/C19H30O2S/c1-5-7-8-17(6-2)14-21-19(20)9-10-22-18-12-15(3)11-16(4)13-18/h11-13,17H,5-10,14H2,1-4H3. The third-order valence-corrected chi connectivity index (χ3v) is 4.77. The van der Waals surface area contributed by atoms with Gasteiger partial charge in [0.05, 0.1) is 13.0 Å². The van der Waals surface area contributed by atoms with Crippen LogP contribution in [0.1, 0.15) is 57.1 Å². The van der Waals surface area contributed by atoms with Gasteiger partial charge >= 0.3 is 5.97 Å². The minimum Gasteiger partial charge on any atom is -0.465 e. The minimum atomic E-state index is -0.0631. The van der Waals surface area contributed by atoms with Crippen molar-refractivity contribution >= 4 is 17.7 Å². The predicted molar refractivity (Wildman–Crippen MR) is 95.5 cm³/mol. The third kappa shape index (κ3) is 7.88. The van der Waals surface area contributed by atoms with Crippen molar-refractivity contribution in [2.45, 2.75) is 64.7 Å². The van der Waals surface area contributed by atoms with Gasteiger partial charge in [0.15, 0.2) is 0 Å². The van der Waals surface area contributed by atoms with Gasteiger partial charge in [0.1, 0.15) is 0 Å². The molecule has 1 unspecified atom stereocenters. The number of ether oxygens (including phenoxy) is 1. The van der Waals surface area contributed by atoms with E-state index in [0.29, 0.717) is 18.9 Å². The number of carbonyl (C=O) groups is 1. The molecule has 0 aromatic heterocycles. The lowest BCUT2D eigenvalue weighted by Gasteiger charge is -2.14. The smallest absolute Gasteiger partial charge is 0.306 e. The zero-order valence-corrected chi connectivity index (χ0v) is 15.3. The Labute approximate surface area is 140 Å². The Morgan fingerprint density at radius 2 is 1.86 bits per heavy atom. The Morgan fingerprint density at radius 1 is 1.18 bits per heavy atom. The van der Waals surface area contributed by atoms with Crippen LogP contribution in [-0.4, -0.2) is 18.3 Å². The fourth-order valence-corrected chi connectivity index (χ4v) is 3.49. The van der Waals surface area contributed by atoms with Crippen molar-refractivity contribution in [3.63, 3.8) is 0 Å². The second kappa shape index (κ2) is 10.7. The molecule has 0 aliphatic heterocycles. The Balaban J connectivity index is 2.25. The van der Waals surface area contributed by atoms with Gasteiger partial charge in [-0.25, -0.2) is 0 Å².